The normalized spacial score (nSPS) is 13.8. The van der Waals surface area contributed by atoms with Crippen molar-refractivity contribution >= 4 is 12.2 Å². The summed E-state index contributed by atoms with van der Waals surface area (Å²) in [6, 6.07) is -0.976. The fourth-order valence-electron chi connectivity index (χ4n) is 1.77. The highest BCUT2D eigenvalue weighted by Crippen LogP contribution is 2.01. The average Bonchev–Trinajstić information content (AvgIpc) is 2.42. The van der Waals surface area contributed by atoms with E-state index in [0.29, 0.717) is 19.4 Å². The third-order valence-electron chi connectivity index (χ3n) is 2.99. The highest BCUT2D eigenvalue weighted by atomic mass is 16.2. The average molecular weight is 272 g/mol. The van der Waals surface area contributed by atoms with Crippen LogP contribution in [0, 0.1) is 0 Å². The van der Waals surface area contributed by atoms with Crippen molar-refractivity contribution in [1.29, 1.82) is 0 Å². The molecule has 0 aromatic carbocycles. The van der Waals surface area contributed by atoms with E-state index in [1.807, 2.05) is 7.05 Å². The maximum atomic E-state index is 11.8. The largest absolute Gasteiger partial charge is 0.345 e. The second kappa shape index (κ2) is 12.1. The first-order valence-electron chi connectivity index (χ1n) is 7.01. The molecule has 0 spiro atoms. The first-order chi connectivity index (χ1) is 9.15. The van der Waals surface area contributed by atoms with Gasteiger partial charge in [-0.1, -0.05) is 6.42 Å². The highest BCUT2D eigenvalue weighted by molar-refractivity contribution is 5.84. The predicted octanol–water partition coefficient (Wildman–Crippen LogP) is -0.484. The minimum absolute atomic E-state index is 0.241. The third kappa shape index (κ3) is 9.58. The van der Waals surface area contributed by atoms with Crippen LogP contribution >= 0.6 is 0 Å². The van der Waals surface area contributed by atoms with Crippen molar-refractivity contribution in [1.82, 2.24) is 10.6 Å². The van der Waals surface area contributed by atoms with Gasteiger partial charge in [-0.2, -0.15) is 0 Å². The zero-order valence-corrected chi connectivity index (χ0v) is 11.9. The van der Waals surface area contributed by atoms with Gasteiger partial charge in [0.15, 0.2) is 0 Å². The molecule has 2 atom stereocenters. The summed E-state index contributed by atoms with van der Waals surface area (Å²) in [6.45, 7) is 1.52. The Hall–Kier alpha value is -0.980. The topological polar surface area (TPSA) is 110 Å². The van der Waals surface area contributed by atoms with Gasteiger partial charge in [-0.05, 0) is 52.2 Å². The molecule has 0 bridgehead atoms. The monoisotopic (exact) mass is 272 g/mol. The lowest BCUT2D eigenvalue weighted by molar-refractivity contribution is -0.125. The lowest BCUT2D eigenvalue weighted by atomic mass is 10.1. The van der Waals surface area contributed by atoms with Crippen molar-refractivity contribution in [3.63, 3.8) is 0 Å². The van der Waals surface area contributed by atoms with Crippen LogP contribution in [0.4, 0.5) is 0 Å². The quantitative estimate of drug-likeness (QED) is 0.283. The number of carbonyl (C=O) groups is 2. The van der Waals surface area contributed by atoms with Gasteiger partial charge in [-0.3, -0.25) is 4.79 Å². The van der Waals surface area contributed by atoms with Crippen LogP contribution in [0.15, 0.2) is 0 Å². The van der Waals surface area contributed by atoms with E-state index in [4.69, 9.17) is 11.5 Å². The fraction of sp³-hybridized carbons (Fsp3) is 0.846. The summed E-state index contributed by atoms with van der Waals surface area (Å²) in [5.74, 6) is -0.241. The number of aldehydes is 1. The summed E-state index contributed by atoms with van der Waals surface area (Å²) in [5, 5.41) is 5.72. The molecule has 0 radical (unpaired) electrons. The first kappa shape index (κ1) is 18.0. The molecule has 0 aliphatic carbocycles. The van der Waals surface area contributed by atoms with Crippen LogP contribution in [0.3, 0.4) is 0 Å². The van der Waals surface area contributed by atoms with Gasteiger partial charge < -0.3 is 26.9 Å². The molecule has 6 heteroatoms. The van der Waals surface area contributed by atoms with Gasteiger partial charge in [0, 0.05) is 0 Å². The maximum Gasteiger partial charge on any atom is 0.237 e. The molecule has 6 N–H and O–H groups in total. The van der Waals surface area contributed by atoms with E-state index >= 15 is 0 Å². The molecule has 0 aliphatic heterocycles. The van der Waals surface area contributed by atoms with Crippen LogP contribution in [-0.2, 0) is 9.59 Å². The van der Waals surface area contributed by atoms with E-state index < -0.39 is 12.1 Å². The predicted molar refractivity (Wildman–Crippen MR) is 76.7 cm³/mol. The molecule has 19 heavy (non-hydrogen) atoms. The number of unbranched alkanes of at least 4 members (excludes halogenated alkanes) is 2. The molecule has 0 saturated carbocycles. The second-order valence-electron chi connectivity index (χ2n) is 4.74. The number of hydrogen-bond acceptors (Lipinski definition) is 5. The third-order valence-corrected chi connectivity index (χ3v) is 2.99. The van der Waals surface area contributed by atoms with Crippen molar-refractivity contribution in [2.24, 2.45) is 11.5 Å². The van der Waals surface area contributed by atoms with Crippen LogP contribution in [0.1, 0.15) is 38.5 Å². The lowest BCUT2D eigenvalue weighted by Gasteiger charge is -2.16. The number of hydrogen-bond donors (Lipinski definition) is 4. The zero-order valence-electron chi connectivity index (χ0n) is 11.9. The van der Waals surface area contributed by atoms with Crippen LogP contribution in [0.2, 0.25) is 0 Å². The molecule has 2 unspecified atom stereocenters. The van der Waals surface area contributed by atoms with Gasteiger partial charge in [0.05, 0.1) is 12.1 Å². The van der Waals surface area contributed by atoms with Crippen molar-refractivity contribution in [2.45, 2.75) is 50.6 Å². The van der Waals surface area contributed by atoms with Gasteiger partial charge in [-0.25, -0.2) is 0 Å². The van der Waals surface area contributed by atoms with E-state index in [1.54, 1.807) is 0 Å². The number of rotatable bonds is 12. The van der Waals surface area contributed by atoms with E-state index in [9.17, 15) is 9.59 Å². The fourth-order valence-corrected chi connectivity index (χ4v) is 1.77. The van der Waals surface area contributed by atoms with Gasteiger partial charge in [0.25, 0.3) is 0 Å². The smallest absolute Gasteiger partial charge is 0.237 e. The molecule has 0 rings (SSSR count). The number of nitrogens with one attached hydrogen (secondary N) is 2. The molecular formula is C13H28N4O2. The standard InChI is InChI=1S/C13H28N4O2/c1-16-9-5-3-7-12(15)13(19)17-11(10-18)6-2-4-8-14/h10-12,16H,2-9,14-15H2,1H3,(H,17,19). The highest BCUT2D eigenvalue weighted by Gasteiger charge is 2.17. The Kier molecular flexibility index (Phi) is 11.5. The molecule has 112 valence electrons. The molecule has 0 heterocycles. The Morgan fingerprint density at radius 1 is 1.21 bits per heavy atom. The van der Waals surface area contributed by atoms with E-state index in [1.165, 1.54) is 0 Å². The van der Waals surface area contributed by atoms with E-state index in [2.05, 4.69) is 10.6 Å². The Labute approximate surface area is 115 Å². The van der Waals surface area contributed by atoms with Gasteiger partial charge in [0.2, 0.25) is 5.91 Å². The summed E-state index contributed by atoms with van der Waals surface area (Å²) in [5.41, 5.74) is 11.2. The zero-order chi connectivity index (χ0) is 14.5. The summed E-state index contributed by atoms with van der Waals surface area (Å²) < 4.78 is 0. The molecule has 0 aliphatic rings. The minimum atomic E-state index is -0.534. The van der Waals surface area contributed by atoms with Crippen LogP contribution in [0.25, 0.3) is 0 Å². The molecule has 0 aromatic heterocycles. The molecule has 0 saturated heterocycles. The van der Waals surface area contributed by atoms with Crippen molar-refractivity contribution < 1.29 is 9.59 Å². The molecule has 0 aromatic rings. The van der Waals surface area contributed by atoms with Gasteiger partial charge >= 0.3 is 0 Å². The van der Waals surface area contributed by atoms with E-state index in [-0.39, 0.29) is 5.91 Å². The summed E-state index contributed by atoms with van der Waals surface area (Å²) in [6.07, 6.45) is 5.61. The molecule has 6 nitrogen and oxygen atoms in total. The number of carbonyl (C=O) groups excluding carboxylic acids is 2. The van der Waals surface area contributed by atoms with Crippen molar-refractivity contribution in [3.05, 3.63) is 0 Å². The Morgan fingerprint density at radius 3 is 2.47 bits per heavy atom. The van der Waals surface area contributed by atoms with E-state index in [0.717, 1.165) is 38.5 Å². The van der Waals surface area contributed by atoms with Gasteiger partial charge in [-0.15, -0.1) is 0 Å². The van der Waals surface area contributed by atoms with Crippen molar-refractivity contribution in [3.8, 4) is 0 Å². The summed E-state index contributed by atoms with van der Waals surface area (Å²) in [7, 11) is 1.89. The summed E-state index contributed by atoms with van der Waals surface area (Å²) in [4.78, 5) is 22.6. The van der Waals surface area contributed by atoms with Crippen LogP contribution in [-0.4, -0.2) is 44.4 Å². The molecular weight excluding hydrogens is 244 g/mol. The van der Waals surface area contributed by atoms with Gasteiger partial charge in [0.1, 0.15) is 6.29 Å². The second-order valence-corrected chi connectivity index (χ2v) is 4.74. The Bertz CT molecular complexity index is 249. The van der Waals surface area contributed by atoms with Crippen LogP contribution in [0.5, 0.6) is 0 Å². The van der Waals surface area contributed by atoms with Crippen molar-refractivity contribution in [2.75, 3.05) is 20.1 Å². The summed E-state index contributed by atoms with van der Waals surface area (Å²) >= 11 is 0. The van der Waals surface area contributed by atoms with Crippen LogP contribution < -0.4 is 22.1 Å². The minimum Gasteiger partial charge on any atom is -0.345 e. The molecule has 0 fully saturated rings. The maximum absolute atomic E-state index is 11.8. The Balaban J connectivity index is 3.86. The SMILES string of the molecule is CNCCCCC(N)C(=O)NC(C=O)CCCCN. The lowest BCUT2D eigenvalue weighted by Crippen LogP contribution is -2.46. The number of amides is 1. The molecule has 1 amide bonds. The first-order valence-corrected chi connectivity index (χ1v) is 7.01. The Morgan fingerprint density at radius 2 is 1.89 bits per heavy atom. The number of nitrogens with two attached hydrogens (primary N) is 2.